The van der Waals surface area contributed by atoms with Gasteiger partial charge in [0.25, 0.3) is 5.91 Å². The van der Waals surface area contributed by atoms with Crippen LogP contribution in [0.2, 0.25) is 0 Å². The van der Waals surface area contributed by atoms with Crippen LogP contribution < -0.4 is 15.4 Å². The van der Waals surface area contributed by atoms with Gasteiger partial charge in [-0.15, -0.1) is 0 Å². The summed E-state index contributed by atoms with van der Waals surface area (Å²) in [7, 11) is 1.65. The zero-order valence-corrected chi connectivity index (χ0v) is 20.4. The van der Waals surface area contributed by atoms with Gasteiger partial charge in [0.1, 0.15) is 24.4 Å². The lowest BCUT2D eigenvalue weighted by Gasteiger charge is -2.28. The average Bonchev–Trinajstić information content (AvgIpc) is 3.42. The van der Waals surface area contributed by atoms with Gasteiger partial charge in [-0.2, -0.15) is 0 Å². The molecule has 2 aliphatic rings. The summed E-state index contributed by atoms with van der Waals surface area (Å²) in [5, 5.41) is 5.57. The summed E-state index contributed by atoms with van der Waals surface area (Å²) in [5.41, 5.74) is 1.17. The van der Waals surface area contributed by atoms with Gasteiger partial charge in [0.05, 0.1) is 18.5 Å². The molecule has 2 aromatic carbocycles. The number of carbonyl (C=O) groups excluding carboxylic acids is 4. The summed E-state index contributed by atoms with van der Waals surface area (Å²) in [6.45, 7) is 1.61. The average molecular weight is 493 g/mol. The predicted molar refractivity (Wildman–Crippen MR) is 133 cm³/mol. The molecule has 0 saturated carbocycles. The highest BCUT2D eigenvalue weighted by molar-refractivity contribution is 6.01. The van der Waals surface area contributed by atoms with Gasteiger partial charge in [-0.05, 0) is 30.5 Å². The highest BCUT2D eigenvalue weighted by Gasteiger charge is 2.32. The SMILES string of the molecule is CN1CCOc2ccccc2C(=O)N[C@H](C(=O)N2CCCC2)CC(=O)N[C@@H](Cc2ccccc2)C1=O. The lowest BCUT2D eigenvalue weighted by atomic mass is 10.0. The molecule has 4 amide bonds. The Hall–Kier alpha value is -3.88. The molecule has 1 fully saturated rings. The van der Waals surface area contributed by atoms with Crippen molar-refractivity contribution in [2.24, 2.45) is 0 Å². The van der Waals surface area contributed by atoms with E-state index in [4.69, 9.17) is 4.74 Å². The third kappa shape index (κ3) is 6.21. The maximum absolute atomic E-state index is 13.3. The lowest BCUT2D eigenvalue weighted by molar-refractivity contribution is -0.137. The summed E-state index contributed by atoms with van der Waals surface area (Å²) >= 11 is 0. The number of likely N-dealkylation sites (tertiary alicyclic amines) is 1. The number of hydrogen-bond acceptors (Lipinski definition) is 5. The van der Waals surface area contributed by atoms with E-state index in [-0.39, 0.29) is 37.0 Å². The Kier molecular flexibility index (Phi) is 8.20. The van der Waals surface area contributed by atoms with Crippen molar-refractivity contribution in [2.75, 3.05) is 33.3 Å². The van der Waals surface area contributed by atoms with Gasteiger partial charge in [-0.1, -0.05) is 42.5 Å². The van der Waals surface area contributed by atoms with Gasteiger partial charge in [-0.3, -0.25) is 19.2 Å². The minimum atomic E-state index is -1.06. The van der Waals surface area contributed by atoms with Crippen LogP contribution in [0.25, 0.3) is 0 Å². The summed E-state index contributed by atoms with van der Waals surface area (Å²) < 4.78 is 5.85. The first kappa shape index (κ1) is 25.2. The maximum Gasteiger partial charge on any atom is 0.255 e. The van der Waals surface area contributed by atoms with Crippen LogP contribution in [-0.4, -0.2) is 78.8 Å². The molecule has 0 aliphatic carbocycles. The molecule has 0 spiro atoms. The smallest absolute Gasteiger partial charge is 0.255 e. The molecule has 0 bridgehead atoms. The van der Waals surface area contributed by atoms with Crippen LogP contribution in [0.3, 0.4) is 0 Å². The van der Waals surface area contributed by atoms with Gasteiger partial charge >= 0.3 is 0 Å². The van der Waals surface area contributed by atoms with Gasteiger partial charge in [-0.25, -0.2) is 0 Å². The number of nitrogens with zero attached hydrogens (tertiary/aromatic N) is 2. The van der Waals surface area contributed by atoms with Gasteiger partial charge in [0, 0.05) is 26.6 Å². The number of benzene rings is 2. The first-order valence-corrected chi connectivity index (χ1v) is 12.3. The molecule has 0 radical (unpaired) electrons. The Bertz CT molecular complexity index is 1100. The highest BCUT2D eigenvalue weighted by atomic mass is 16.5. The van der Waals surface area contributed by atoms with Crippen LogP contribution in [0, 0.1) is 0 Å². The first-order chi connectivity index (χ1) is 17.4. The van der Waals surface area contributed by atoms with Gasteiger partial charge in [0.2, 0.25) is 17.7 Å². The number of amides is 4. The minimum Gasteiger partial charge on any atom is -0.491 e. The van der Waals surface area contributed by atoms with Crippen molar-refractivity contribution in [3.05, 3.63) is 65.7 Å². The normalized spacial score (nSPS) is 21.6. The van der Waals surface area contributed by atoms with E-state index < -0.39 is 23.9 Å². The van der Waals surface area contributed by atoms with E-state index in [0.29, 0.717) is 25.3 Å². The topological polar surface area (TPSA) is 108 Å². The fourth-order valence-corrected chi connectivity index (χ4v) is 4.53. The molecule has 4 rings (SSSR count). The molecule has 0 aromatic heterocycles. The van der Waals surface area contributed by atoms with E-state index in [1.807, 2.05) is 30.3 Å². The molecular formula is C27H32N4O5. The molecule has 1 saturated heterocycles. The molecule has 190 valence electrons. The third-order valence-corrected chi connectivity index (χ3v) is 6.52. The molecule has 2 heterocycles. The van der Waals surface area contributed by atoms with Crippen molar-refractivity contribution >= 4 is 23.6 Å². The van der Waals surface area contributed by atoms with E-state index in [1.54, 1.807) is 36.2 Å². The second kappa shape index (κ2) is 11.7. The van der Waals surface area contributed by atoms with Crippen molar-refractivity contribution < 1.29 is 23.9 Å². The molecule has 9 heteroatoms. The van der Waals surface area contributed by atoms with Gasteiger partial charge in [0.15, 0.2) is 0 Å². The van der Waals surface area contributed by atoms with Crippen LogP contribution >= 0.6 is 0 Å². The summed E-state index contributed by atoms with van der Waals surface area (Å²) in [4.78, 5) is 56.1. The quantitative estimate of drug-likeness (QED) is 0.673. The largest absolute Gasteiger partial charge is 0.491 e. The zero-order chi connectivity index (χ0) is 25.5. The second-order valence-corrected chi connectivity index (χ2v) is 9.18. The van der Waals surface area contributed by atoms with E-state index in [9.17, 15) is 19.2 Å². The molecule has 2 aromatic rings. The monoisotopic (exact) mass is 492 g/mol. The fraction of sp³-hybridized carbons (Fsp3) is 0.407. The van der Waals surface area contributed by atoms with E-state index in [0.717, 1.165) is 18.4 Å². The maximum atomic E-state index is 13.3. The van der Waals surface area contributed by atoms with Crippen LogP contribution in [0.1, 0.15) is 35.2 Å². The highest BCUT2D eigenvalue weighted by Crippen LogP contribution is 2.19. The molecular weight excluding hydrogens is 460 g/mol. The fourth-order valence-electron chi connectivity index (χ4n) is 4.53. The summed E-state index contributed by atoms with van der Waals surface area (Å²) in [6.07, 6.45) is 1.80. The summed E-state index contributed by atoms with van der Waals surface area (Å²) in [5.74, 6) is -1.17. The summed E-state index contributed by atoms with van der Waals surface area (Å²) in [6, 6.07) is 14.3. The van der Waals surface area contributed by atoms with Crippen LogP contribution in [0.15, 0.2) is 54.6 Å². The van der Waals surface area contributed by atoms with Crippen molar-refractivity contribution in [2.45, 2.75) is 37.8 Å². The Morgan fingerprint density at radius 1 is 0.944 bits per heavy atom. The second-order valence-electron chi connectivity index (χ2n) is 9.18. The zero-order valence-electron chi connectivity index (χ0n) is 20.4. The number of nitrogens with one attached hydrogen (secondary N) is 2. The molecule has 36 heavy (non-hydrogen) atoms. The lowest BCUT2D eigenvalue weighted by Crippen LogP contribution is -2.53. The van der Waals surface area contributed by atoms with Gasteiger partial charge < -0.3 is 25.2 Å². The Balaban J connectivity index is 1.63. The molecule has 2 atom stereocenters. The van der Waals surface area contributed by atoms with Crippen molar-refractivity contribution in [1.82, 2.24) is 20.4 Å². The number of para-hydroxylation sites is 1. The third-order valence-electron chi connectivity index (χ3n) is 6.52. The van der Waals surface area contributed by atoms with Crippen molar-refractivity contribution in [1.29, 1.82) is 0 Å². The number of likely N-dealkylation sites (N-methyl/N-ethyl adjacent to an activating group) is 1. The van der Waals surface area contributed by atoms with Crippen LogP contribution in [0.4, 0.5) is 0 Å². The minimum absolute atomic E-state index is 0.161. The van der Waals surface area contributed by atoms with E-state index in [2.05, 4.69) is 10.6 Å². The van der Waals surface area contributed by atoms with Crippen LogP contribution in [0.5, 0.6) is 5.75 Å². The number of ether oxygens (including phenoxy) is 1. The number of hydrogen-bond donors (Lipinski definition) is 2. The number of fused-ring (bicyclic) bond motifs is 1. The van der Waals surface area contributed by atoms with Crippen LogP contribution in [-0.2, 0) is 20.8 Å². The Labute approximate surface area is 210 Å². The first-order valence-electron chi connectivity index (χ1n) is 12.3. The standard InChI is InChI=1S/C27H32N4O5/c1-30-15-16-36-23-12-6-5-11-20(23)25(33)29-22(27(35)31-13-7-8-14-31)18-24(32)28-21(26(30)34)17-19-9-3-2-4-10-19/h2-6,9-12,21-22H,7-8,13-18H2,1H3,(H,28,32)(H,29,33)/t21-,22-/m0/s1. The van der Waals surface area contributed by atoms with E-state index in [1.165, 1.54) is 4.90 Å². The molecule has 0 unspecified atom stereocenters. The molecule has 9 nitrogen and oxygen atoms in total. The molecule has 2 N–H and O–H groups in total. The van der Waals surface area contributed by atoms with Crippen molar-refractivity contribution in [3.63, 3.8) is 0 Å². The van der Waals surface area contributed by atoms with Crippen molar-refractivity contribution in [3.8, 4) is 5.75 Å². The molecule has 2 aliphatic heterocycles. The number of carbonyl (C=O) groups is 4. The Morgan fingerprint density at radius 3 is 2.39 bits per heavy atom. The Morgan fingerprint density at radius 2 is 1.64 bits per heavy atom. The number of rotatable bonds is 3. The predicted octanol–water partition coefficient (Wildman–Crippen LogP) is 1.38. The van der Waals surface area contributed by atoms with E-state index >= 15 is 0 Å².